The summed E-state index contributed by atoms with van der Waals surface area (Å²) in [6.07, 6.45) is 6.49. The minimum Gasteiger partial charge on any atom is -0.486 e. The highest BCUT2D eigenvalue weighted by molar-refractivity contribution is 5.87. The molecule has 4 rings (SSSR count). The van der Waals surface area contributed by atoms with Gasteiger partial charge in [0.25, 0.3) is 0 Å². The van der Waals surface area contributed by atoms with Crippen LogP contribution < -0.4 is 14.8 Å². The number of aryl methyl sites for hydroxylation is 2. The molecule has 2 aromatic carbocycles. The van der Waals surface area contributed by atoms with Crippen molar-refractivity contribution in [3.8, 4) is 11.5 Å². The van der Waals surface area contributed by atoms with E-state index in [0.29, 0.717) is 32.6 Å². The van der Waals surface area contributed by atoms with Gasteiger partial charge in [0.05, 0.1) is 0 Å². The van der Waals surface area contributed by atoms with Gasteiger partial charge in [-0.25, -0.2) is 0 Å². The van der Waals surface area contributed by atoms with Crippen LogP contribution in [0, 0.1) is 6.92 Å². The predicted molar refractivity (Wildman–Crippen MR) is 132 cm³/mol. The number of fused-ring (bicyclic) bond motifs is 1. The van der Waals surface area contributed by atoms with Crippen molar-refractivity contribution in [3.05, 3.63) is 59.2 Å². The number of hydrogen-bond donors (Lipinski definition) is 1. The zero-order valence-electron chi connectivity index (χ0n) is 20.3. The Labute approximate surface area is 202 Å². The molecule has 34 heavy (non-hydrogen) atoms. The van der Waals surface area contributed by atoms with Crippen LogP contribution in [0.2, 0.25) is 0 Å². The van der Waals surface area contributed by atoms with Crippen LogP contribution in [0.3, 0.4) is 0 Å². The molecule has 0 bridgehead atoms. The number of benzene rings is 2. The summed E-state index contributed by atoms with van der Waals surface area (Å²) in [5.74, 6) is 1.39. The van der Waals surface area contributed by atoms with Crippen LogP contribution in [0.25, 0.3) is 0 Å². The largest absolute Gasteiger partial charge is 0.486 e. The van der Waals surface area contributed by atoms with Gasteiger partial charge in [-0.05, 0) is 56.4 Å². The Bertz CT molecular complexity index is 982. The van der Waals surface area contributed by atoms with E-state index >= 15 is 0 Å². The summed E-state index contributed by atoms with van der Waals surface area (Å²) in [6, 6.07) is 13.7. The van der Waals surface area contributed by atoms with Crippen LogP contribution in [0.4, 0.5) is 0 Å². The number of amides is 2. The maximum atomic E-state index is 13.4. The first kappa shape index (κ1) is 24.1. The van der Waals surface area contributed by atoms with E-state index in [-0.39, 0.29) is 17.9 Å². The zero-order chi connectivity index (χ0) is 23.9. The molecule has 1 heterocycles. The topological polar surface area (TPSA) is 67.9 Å². The Kier molecular flexibility index (Phi) is 8.09. The van der Waals surface area contributed by atoms with Gasteiger partial charge in [0.1, 0.15) is 19.3 Å². The third-order valence-corrected chi connectivity index (χ3v) is 6.83. The highest BCUT2D eigenvalue weighted by Crippen LogP contribution is 2.31. The van der Waals surface area contributed by atoms with Crippen molar-refractivity contribution < 1.29 is 19.1 Å². The first-order valence-corrected chi connectivity index (χ1v) is 12.5. The van der Waals surface area contributed by atoms with Crippen LogP contribution in [-0.4, -0.2) is 42.0 Å². The lowest BCUT2D eigenvalue weighted by Crippen LogP contribution is -2.50. The minimum absolute atomic E-state index is 0.0261. The molecule has 1 aliphatic heterocycles. The van der Waals surface area contributed by atoms with Crippen molar-refractivity contribution in [1.29, 1.82) is 0 Å². The quantitative estimate of drug-likeness (QED) is 0.622. The van der Waals surface area contributed by atoms with Crippen LogP contribution in [0.5, 0.6) is 11.5 Å². The van der Waals surface area contributed by atoms with Crippen molar-refractivity contribution in [2.45, 2.75) is 77.4 Å². The molecule has 1 fully saturated rings. The number of ether oxygens (including phenoxy) is 2. The van der Waals surface area contributed by atoms with Crippen LogP contribution in [0.15, 0.2) is 42.5 Å². The summed E-state index contributed by atoms with van der Waals surface area (Å²) < 4.78 is 11.3. The number of nitrogens with one attached hydrogen (secondary N) is 1. The number of hydrogen-bond acceptors (Lipinski definition) is 4. The normalized spacial score (nSPS) is 16.5. The second-order valence-electron chi connectivity index (χ2n) is 9.50. The SMILES string of the molecule is Cc1ccc(CN(C(=O)CCc2ccc3c(c2)OCCO3)[C@H](C)C(=O)NC2CCCCC2)cc1. The maximum Gasteiger partial charge on any atom is 0.242 e. The van der Waals surface area contributed by atoms with E-state index in [1.807, 2.05) is 56.3 Å². The Morgan fingerprint density at radius 1 is 0.971 bits per heavy atom. The van der Waals surface area contributed by atoms with Crippen molar-refractivity contribution in [2.24, 2.45) is 0 Å². The summed E-state index contributed by atoms with van der Waals surface area (Å²) in [5, 5.41) is 3.19. The van der Waals surface area contributed by atoms with Crippen molar-refractivity contribution in [3.63, 3.8) is 0 Å². The summed E-state index contributed by atoms with van der Waals surface area (Å²) in [4.78, 5) is 28.2. The van der Waals surface area contributed by atoms with Crippen molar-refractivity contribution in [2.75, 3.05) is 13.2 Å². The van der Waals surface area contributed by atoms with Gasteiger partial charge in [0.15, 0.2) is 11.5 Å². The van der Waals surface area contributed by atoms with E-state index in [0.717, 1.165) is 48.3 Å². The summed E-state index contributed by atoms with van der Waals surface area (Å²) in [6.45, 7) is 5.39. The van der Waals surface area contributed by atoms with Gasteiger partial charge in [-0.3, -0.25) is 9.59 Å². The molecule has 2 aromatic rings. The molecule has 182 valence electrons. The molecular formula is C28H36N2O4. The molecule has 1 saturated carbocycles. The average Bonchev–Trinajstić information content (AvgIpc) is 2.87. The molecule has 1 aliphatic carbocycles. The molecule has 1 atom stereocenters. The molecule has 0 radical (unpaired) electrons. The van der Waals surface area contributed by atoms with Gasteiger partial charge in [0, 0.05) is 19.0 Å². The Hall–Kier alpha value is -3.02. The Morgan fingerprint density at radius 2 is 1.65 bits per heavy atom. The molecule has 0 spiro atoms. The molecule has 0 saturated heterocycles. The first-order chi connectivity index (χ1) is 16.5. The molecule has 6 heteroatoms. The van der Waals surface area contributed by atoms with Gasteiger partial charge in [-0.1, -0.05) is 55.2 Å². The van der Waals surface area contributed by atoms with Gasteiger partial charge in [0.2, 0.25) is 11.8 Å². The van der Waals surface area contributed by atoms with Crippen molar-refractivity contribution >= 4 is 11.8 Å². The molecule has 6 nitrogen and oxygen atoms in total. The standard InChI is InChI=1S/C28H36N2O4/c1-20-8-10-23(11-9-20)19-30(21(2)28(32)29-24-6-4-3-5-7-24)27(31)15-13-22-12-14-25-26(18-22)34-17-16-33-25/h8-12,14,18,21,24H,3-7,13,15-17,19H2,1-2H3,(H,29,32)/t21-/m1/s1. The number of carbonyl (C=O) groups excluding carboxylic acids is 2. The van der Waals surface area contributed by atoms with E-state index in [4.69, 9.17) is 9.47 Å². The van der Waals surface area contributed by atoms with Gasteiger partial charge >= 0.3 is 0 Å². The monoisotopic (exact) mass is 464 g/mol. The average molecular weight is 465 g/mol. The third-order valence-electron chi connectivity index (χ3n) is 6.83. The van der Waals surface area contributed by atoms with E-state index in [2.05, 4.69) is 5.32 Å². The molecule has 0 unspecified atom stereocenters. The van der Waals surface area contributed by atoms with E-state index in [9.17, 15) is 9.59 Å². The fourth-order valence-electron chi connectivity index (χ4n) is 4.68. The summed E-state index contributed by atoms with van der Waals surface area (Å²) >= 11 is 0. The smallest absolute Gasteiger partial charge is 0.242 e. The number of nitrogens with zero attached hydrogens (tertiary/aromatic N) is 1. The molecular weight excluding hydrogens is 428 g/mol. The van der Waals surface area contributed by atoms with E-state index in [1.165, 1.54) is 12.0 Å². The molecule has 0 aromatic heterocycles. The lowest BCUT2D eigenvalue weighted by Gasteiger charge is -2.31. The fourth-order valence-corrected chi connectivity index (χ4v) is 4.68. The molecule has 2 aliphatic rings. The van der Waals surface area contributed by atoms with Crippen molar-refractivity contribution in [1.82, 2.24) is 10.2 Å². The third kappa shape index (κ3) is 6.31. The second kappa shape index (κ2) is 11.4. The van der Waals surface area contributed by atoms with Crippen LogP contribution in [0.1, 0.15) is 62.1 Å². The fraction of sp³-hybridized carbons (Fsp3) is 0.500. The lowest BCUT2D eigenvalue weighted by molar-refractivity contribution is -0.141. The van der Waals surface area contributed by atoms with E-state index in [1.54, 1.807) is 4.90 Å². The Morgan fingerprint density at radius 3 is 2.38 bits per heavy atom. The summed E-state index contributed by atoms with van der Waals surface area (Å²) in [7, 11) is 0. The van der Waals surface area contributed by atoms with Crippen LogP contribution >= 0.6 is 0 Å². The summed E-state index contributed by atoms with van der Waals surface area (Å²) in [5.41, 5.74) is 3.21. The number of carbonyl (C=O) groups is 2. The van der Waals surface area contributed by atoms with Gasteiger partial charge in [-0.2, -0.15) is 0 Å². The predicted octanol–water partition coefficient (Wildman–Crippen LogP) is 4.57. The lowest BCUT2D eigenvalue weighted by atomic mass is 9.95. The minimum atomic E-state index is -0.531. The Balaban J connectivity index is 1.44. The van der Waals surface area contributed by atoms with E-state index < -0.39 is 6.04 Å². The second-order valence-corrected chi connectivity index (χ2v) is 9.50. The van der Waals surface area contributed by atoms with Crippen LogP contribution in [-0.2, 0) is 22.6 Å². The first-order valence-electron chi connectivity index (χ1n) is 12.5. The van der Waals surface area contributed by atoms with Gasteiger partial charge < -0.3 is 19.7 Å². The highest BCUT2D eigenvalue weighted by atomic mass is 16.6. The number of rotatable bonds is 8. The molecule has 2 amide bonds. The maximum absolute atomic E-state index is 13.4. The van der Waals surface area contributed by atoms with Gasteiger partial charge in [-0.15, -0.1) is 0 Å². The molecule has 1 N–H and O–H groups in total. The zero-order valence-corrected chi connectivity index (χ0v) is 20.3. The highest BCUT2D eigenvalue weighted by Gasteiger charge is 2.28.